The van der Waals surface area contributed by atoms with Gasteiger partial charge in [-0.15, -0.1) is 0 Å². The summed E-state index contributed by atoms with van der Waals surface area (Å²) in [7, 11) is 0. The molecule has 1 amide bonds. The molecule has 5 nitrogen and oxygen atoms in total. The number of hydrogen-bond donors (Lipinski definition) is 2. The summed E-state index contributed by atoms with van der Waals surface area (Å²) in [6, 6.07) is 0.110. The first kappa shape index (κ1) is 16.0. The Labute approximate surface area is 114 Å². The van der Waals surface area contributed by atoms with E-state index < -0.39 is 18.2 Å². The van der Waals surface area contributed by atoms with Crippen LogP contribution in [0.1, 0.15) is 52.9 Å². The second-order valence-electron chi connectivity index (χ2n) is 5.76. The van der Waals surface area contributed by atoms with Gasteiger partial charge in [0.15, 0.2) is 6.10 Å². The number of nitrogens with one attached hydrogen (secondary N) is 1. The van der Waals surface area contributed by atoms with E-state index in [9.17, 15) is 9.59 Å². The Morgan fingerprint density at radius 2 is 1.84 bits per heavy atom. The highest BCUT2D eigenvalue weighted by atomic mass is 16.5. The summed E-state index contributed by atoms with van der Waals surface area (Å²) >= 11 is 0. The monoisotopic (exact) mass is 271 g/mol. The fourth-order valence-electron chi connectivity index (χ4n) is 2.25. The van der Waals surface area contributed by atoms with E-state index in [1.54, 1.807) is 0 Å². The fraction of sp³-hybridized carbons (Fsp3) is 0.857. The van der Waals surface area contributed by atoms with Crippen LogP contribution in [0.3, 0.4) is 0 Å². The minimum Gasteiger partial charge on any atom is -0.479 e. The van der Waals surface area contributed by atoms with Gasteiger partial charge in [-0.3, -0.25) is 4.79 Å². The zero-order chi connectivity index (χ0) is 14.4. The standard InChI is InChI=1S/C14H25NO4/c1-9(2)5-4-6-10(3)15-13(16)11-7-8-12(19-11)14(17)18/h9-12H,4-8H2,1-3H3,(H,15,16)(H,17,18)/t10?,11-,12+/m0/s1. The normalized spacial score (nSPS) is 24.4. The summed E-state index contributed by atoms with van der Waals surface area (Å²) in [4.78, 5) is 22.6. The van der Waals surface area contributed by atoms with Gasteiger partial charge < -0.3 is 15.2 Å². The quantitative estimate of drug-likeness (QED) is 0.742. The van der Waals surface area contributed by atoms with Crippen LogP contribution < -0.4 is 5.32 Å². The van der Waals surface area contributed by atoms with E-state index in [0.717, 1.165) is 19.3 Å². The van der Waals surface area contributed by atoms with Crippen molar-refractivity contribution in [3.05, 3.63) is 0 Å². The van der Waals surface area contributed by atoms with E-state index >= 15 is 0 Å². The lowest BCUT2D eigenvalue weighted by molar-refractivity contribution is -0.151. The Bertz CT molecular complexity index is 317. The Balaban J connectivity index is 2.25. The lowest BCUT2D eigenvalue weighted by atomic mass is 10.0. The predicted octanol–water partition coefficient (Wildman–Crippen LogP) is 1.95. The van der Waals surface area contributed by atoms with Gasteiger partial charge >= 0.3 is 5.97 Å². The number of ether oxygens (including phenoxy) is 1. The Morgan fingerprint density at radius 3 is 2.37 bits per heavy atom. The summed E-state index contributed by atoms with van der Waals surface area (Å²) in [6.45, 7) is 6.34. The van der Waals surface area contributed by atoms with Crippen LogP contribution in [0.25, 0.3) is 0 Å². The van der Waals surface area contributed by atoms with Gasteiger partial charge in [0.2, 0.25) is 5.91 Å². The van der Waals surface area contributed by atoms with E-state index in [2.05, 4.69) is 19.2 Å². The third-order valence-corrected chi connectivity index (χ3v) is 3.39. The van der Waals surface area contributed by atoms with Crippen molar-refractivity contribution in [1.29, 1.82) is 0 Å². The molecule has 0 aromatic rings. The van der Waals surface area contributed by atoms with Crippen LogP contribution in [0.5, 0.6) is 0 Å². The van der Waals surface area contributed by atoms with Crippen LogP contribution in [0, 0.1) is 5.92 Å². The van der Waals surface area contributed by atoms with Crippen molar-refractivity contribution in [3.8, 4) is 0 Å². The molecule has 1 heterocycles. The van der Waals surface area contributed by atoms with Crippen molar-refractivity contribution < 1.29 is 19.4 Å². The smallest absolute Gasteiger partial charge is 0.332 e. The molecule has 1 saturated heterocycles. The molecule has 0 saturated carbocycles. The summed E-state index contributed by atoms with van der Waals surface area (Å²) < 4.78 is 5.22. The average molecular weight is 271 g/mol. The van der Waals surface area contributed by atoms with E-state index in [-0.39, 0.29) is 11.9 Å². The van der Waals surface area contributed by atoms with Crippen molar-refractivity contribution in [3.63, 3.8) is 0 Å². The average Bonchev–Trinajstić information content (AvgIpc) is 2.77. The number of hydrogen-bond acceptors (Lipinski definition) is 3. The first-order valence-electron chi connectivity index (χ1n) is 7.08. The third kappa shape index (κ3) is 5.59. The maximum absolute atomic E-state index is 11.9. The molecule has 0 aromatic carbocycles. The lowest BCUT2D eigenvalue weighted by Crippen LogP contribution is -2.40. The molecule has 19 heavy (non-hydrogen) atoms. The molecule has 0 aromatic heterocycles. The molecule has 1 unspecified atom stereocenters. The van der Waals surface area contributed by atoms with Gasteiger partial charge in [0.25, 0.3) is 0 Å². The van der Waals surface area contributed by atoms with Crippen molar-refractivity contribution in [1.82, 2.24) is 5.32 Å². The molecule has 110 valence electrons. The predicted molar refractivity (Wildman–Crippen MR) is 71.8 cm³/mol. The van der Waals surface area contributed by atoms with Gasteiger partial charge in [0.1, 0.15) is 6.10 Å². The minimum atomic E-state index is -0.986. The van der Waals surface area contributed by atoms with Crippen molar-refractivity contribution in [2.45, 2.75) is 71.1 Å². The first-order valence-corrected chi connectivity index (χ1v) is 7.08. The number of carbonyl (C=O) groups excluding carboxylic acids is 1. The first-order chi connectivity index (χ1) is 8.90. The molecular weight excluding hydrogens is 246 g/mol. The van der Waals surface area contributed by atoms with Gasteiger partial charge in [-0.05, 0) is 32.1 Å². The largest absolute Gasteiger partial charge is 0.479 e. The molecule has 1 rings (SSSR count). The highest BCUT2D eigenvalue weighted by Crippen LogP contribution is 2.20. The molecule has 3 atom stereocenters. The Kier molecular flexibility index (Phi) is 6.28. The molecule has 1 aliphatic rings. The molecular formula is C14H25NO4. The van der Waals surface area contributed by atoms with E-state index in [4.69, 9.17) is 9.84 Å². The van der Waals surface area contributed by atoms with E-state index in [1.807, 2.05) is 6.92 Å². The SMILES string of the molecule is CC(C)CCCC(C)NC(=O)[C@@H]1CC[C@H](C(=O)O)O1. The molecule has 0 radical (unpaired) electrons. The third-order valence-electron chi connectivity index (χ3n) is 3.39. The van der Waals surface area contributed by atoms with Crippen molar-refractivity contribution in [2.75, 3.05) is 0 Å². The number of carboxylic acid groups (broad SMARTS) is 1. The molecule has 1 fully saturated rings. The zero-order valence-corrected chi connectivity index (χ0v) is 12.0. The molecule has 1 aliphatic heterocycles. The maximum atomic E-state index is 11.9. The van der Waals surface area contributed by atoms with E-state index in [1.165, 1.54) is 0 Å². The summed E-state index contributed by atoms with van der Waals surface area (Å²) in [5.74, 6) is -0.488. The maximum Gasteiger partial charge on any atom is 0.332 e. The number of amides is 1. The minimum absolute atomic E-state index is 0.110. The van der Waals surface area contributed by atoms with Crippen LogP contribution in [0.4, 0.5) is 0 Å². The second kappa shape index (κ2) is 7.48. The van der Waals surface area contributed by atoms with Crippen molar-refractivity contribution >= 4 is 11.9 Å². The van der Waals surface area contributed by atoms with Gasteiger partial charge in [-0.25, -0.2) is 4.79 Å². The molecule has 0 aliphatic carbocycles. The summed E-state index contributed by atoms with van der Waals surface area (Å²) in [5.41, 5.74) is 0. The molecule has 5 heteroatoms. The topological polar surface area (TPSA) is 75.6 Å². The molecule has 0 bridgehead atoms. The zero-order valence-electron chi connectivity index (χ0n) is 12.0. The van der Waals surface area contributed by atoms with Crippen molar-refractivity contribution in [2.24, 2.45) is 5.92 Å². The number of carbonyl (C=O) groups is 2. The van der Waals surface area contributed by atoms with Crippen LogP contribution in [-0.2, 0) is 14.3 Å². The van der Waals surface area contributed by atoms with Gasteiger partial charge in [0.05, 0.1) is 0 Å². The highest BCUT2D eigenvalue weighted by Gasteiger charge is 2.34. The van der Waals surface area contributed by atoms with Crippen LogP contribution in [0.2, 0.25) is 0 Å². The van der Waals surface area contributed by atoms with Crippen LogP contribution in [0.15, 0.2) is 0 Å². The van der Waals surface area contributed by atoms with Gasteiger partial charge in [-0.1, -0.05) is 26.7 Å². The lowest BCUT2D eigenvalue weighted by Gasteiger charge is -2.17. The molecule has 0 spiro atoms. The number of carboxylic acids is 1. The summed E-state index contributed by atoms with van der Waals surface area (Å²) in [6.07, 6.45) is 2.65. The Hall–Kier alpha value is -1.10. The number of rotatable bonds is 7. The van der Waals surface area contributed by atoms with Crippen LogP contribution >= 0.6 is 0 Å². The molecule has 2 N–H and O–H groups in total. The van der Waals surface area contributed by atoms with E-state index in [0.29, 0.717) is 18.8 Å². The fourth-order valence-corrected chi connectivity index (χ4v) is 2.25. The van der Waals surface area contributed by atoms with Crippen LogP contribution in [-0.4, -0.2) is 35.2 Å². The number of aliphatic carboxylic acids is 1. The van der Waals surface area contributed by atoms with Gasteiger partial charge in [0, 0.05) is 6.04 Å². The Morgan fingerprint density at radius 1 is 1.21 bits per heavy atom. The second-order valence-corrected chi connectivity index (χ2v) is 5.76. The summed E-state index contributed by atoms with van der Waals surface area (Å²) in [5, 5.41) is 11.7. The highest BCUT2D eigenvalue weighted by molar-refractivity contribution is 5.82. The van der Waals surface area contributed by atoms with Gasteiger partial charge in [-0.2, -0.15) is 0 Å².